The molecule has 0 fully saturated rings. The van der Waals surface area contributed by atoms with E-state index in [1.165, 1.54) is 29.3 Å². The van der Waals surface area contributed by atoms with Crippen LogP contribution in [0.25, 0.3) is 27.8 Å². The van der Waals surface area contributed by atoms with Gasteiger partial charge in [-0.3, -0.25) is 4.79 Å². The van der Waals surface area contributed by atoms with Crippen LogP contribution in [-0.2, 0) is 4.79 Å². The van der Waals surface area contributed by atoms with E-state index in [0.717, 1.165) is 6.08 Å². The summed E-state index contributed by atoms with van der Waals surface area (Å²) in [5, 5.41) is 19.9. The zero-order valence-corrected chi connectivity index (χ0v) is 15.3. The Labute approximate surface area is 168 Å². The van der Waals surface area contributed by atoms with Crippen LogP contribution in [0, 0.1) is 11.3 Å². The van der Waals surface area contributed by atoms with E-state index in [9.17, 15) is 18.8 Å². The second-order valence-corrected chi connectivity index (χ2v) is 6.22. The predicted molar refractivity (Wildman–Crippen MR) is 104 cm³/mol. The third-order valence-electron chi connectivity index (χ3n) is 4.38. The monoisotopic (exact) mass is 405 g/mol. The van der Waals surface area contributed by atoms with Crippen molar-refractivity contribution >= 4 is 17.2 Å². The SMILES string of the molecule is C=CC(=O)Nc1ccc(-c2cc(-c3cnn(C(F)F)c3)cn3ncc(C#N)c23)cn1. The molecule has 0 aromatic carbocycles. The van der Waals surface area contributed by atoms with Crippen LogP contribution in [0.15, 0.2) is 61.8 Å². The number of nitrogens with one attached hydrogen (secondary N) is 1. The minimum Gasteiger partial charge on any atom is -0.307 e. The van der Waals surface area contributed by atoms with Crippen LogP contribution in [-0.4, -0.2) is 30.3 Å². The lowest BCUT2D eigenvalue weighted by atomic mass is 10.0. The number of pyridine rings is 2. The molecular formula is C20H13F2N7O. The smallest absolute Gasteiger partial charge is 0.307 e. The molecule has 148 valence electrons. The van der Waals surface area contributed by atoms with Crippen molar-refractivity contribution in [3.8, 4) is 28.3 Å². The normalized spacial score (nSPS) is 10.9. The number of fused-ring (bicyclic) bond motifs is 1. The molecule has 4 aromatic heterocycles. The van der Waals surface area contributed by atoms with E-state index in [1.54, 1.807) is 24.4 Å². The second-order valence-electron chi connectivity index (χ2n) is 6.22. The highest BCUT2D eigenvalue weighted by Crippen LogP contribution is 2.32. The molecule has 0 saturated carbocycles. The zero-order chi connectivity index (χ0) is 21.3. The van der Waals surface area contributed by atoms with Crippen LogP contribution in [0.1, 0.15) is 12.1 Å². The maximum atomic E-state index is 12.9. The largest absolute Gasteiger partial charge is 0.333 e. The van der Waals surface area contributed by atoms with Gasteiger partial charge in [-0.25, -0.2) is 14.2 Å². The van der Waals surface area contributed by atoms with Gasteiger partial charge in [-0.15, -0.1) is 0 Å². The van der Waals surface area contributed by atoms with Gasteiger partial charge < -0.3 is 5.32 Å². The number of rotatable bonds is 5. The molecule has 4 heterocycles. The summed E-state index contributed by atoms with van der Waals surface area (Å²) in [7, 11) is 0. The van der Waals surface area contributed by atoms with E-state index in [2.05, 4.69) is 33.1 Å². The van der Waals surface area contributed by atoms with E-state index in [1.807, 2.05) is 0 Å². The summed E-state index contributed by atoms with van der Waals surface area (Å²) in [6, 6.07) is 7.18. The van der Waals surface area contributed by atoms with Gasteiger partial charge in [0.1, 0.15) is 11.9 Å². The Kier molecular flexibility index (Phi) is 4.77. The highest BCUT2D eigenvalue weighted by Gasteiger charge is 2.16. The van der Waals surface area contributed by atoms with Gasteiger partial charge in [0.05, 0.1) is 23.5 Å². The molecule has 0 aliphatic carbocycles. The molecule has 8 nitrogen and oxygen atoms in total. The lowest BCUT2D eigenvalue weighted by Crippen LogP contribution is -2.08. The molecule has 0 radical (unpaired) electrons. The number of halogens is 2. The zero-order valence-electron chi connectivity index (χ0n) is 15.3. The van der Waals surface area contributed by atoms with Crippen molar-refractivity contribution in [2.45, 2.75) is 6.55 Å². The van der Waals surface area contributed by atoms with E-state index >= 15 is 0 Å². The van der Waals surface area contributed by atoms with Crippen LogP contribution in [0.2, 0.25) is 0 Å². The number of amides is 1. The lowest BCUT2D eigenvalue weighted by molar-refractivity contribution is -0.111. The molecule has 10 heteroatoms. The number of hydrogen-bond donors (Lipinski definition) is 1. The van der Waals surface area contributed by atoms with Gasteiger partial charge >= 0.3 is 6.55 Å². The van der Waals surface area contributed by atoms with E-state index < -0.39 is 12.5 Å². The maximum absolute atomic E-state index is 12.9. The van der Waals surface area contributed by atoms with Gasteiger partial charge in [-0.05, 0) is 24.3 Å². The van der Waals surface area contributed by atoms with Gasteiger partial charge in [-0.1, -0.05) is 6.58 Å². The first-order valence-corrected chi connectivity index (χ1v) is 8.64. The van der Waals surface area contributed by atoms with Crippen molar-refractivity contribution in [1.82, 2.24) is 24.4 Å². The quantitative estimate of drug-likeness (QED) is 0.511. The Morgan fingerprint density at radius 3 is 2.63 bits per heavy atom. The van der Waals surface area contributed by atoms with Crippen LogP contribution < -0.4 is 5.32 Å². The highest BCUT2D eigenvalue weighted by molar-refractivity contribution is 5.98. The first-order valence-electron chi connectivity index (χ1n) is 8.64. The predicted octanol–water partition coefficient (Wildman–Crippen LogP) is 3.65. The van der Waals surface area contributed by atoms with Gasteiger partial charge in [-0.2, -0.15) is 24.2 Å². The molecule has 0 aliphatic rings. The molecule has 0 spiro atoms. The molecule has 0 bridgehead atoms. The van der Waals surface area contributed by atoms with Gasteiger partial charge in [0.2, 0.25) is 5.91 Å². The average molecular weight is 405 g/mol. The minimum atomic E-state index is -2.75. The van der Waals surface area contributed by atoms with Crippen molar-refractivity contribution in [2.24, 2.45) is 0 Å². The number of nitrogens with zero attached hydrogens (tertiary/aromatic N) is 6. The summed E-state index contributed by atoms with van der Waals surface area (Å²) < 4.78 is 27.9. The molecule has 0 saturated heterocycles. The summed E-state index contributed by atoms with van der Waals surface area (Å²) in [6.45, 7) is 0.636. The molecule has 1 N–H and O–H groups in total. The van der Waals surface area contributed by atoms with Crippen LogP contribution >= 0.6 is 0 Å². The summed E-state index contributed by atoms with van der Waals surface area (Å²) in [6.07, 6.45) is 8.30. The lowest BCUT2D eigenvalue weighted by Gasteiger charge is -2.09. The molecule has 0 atom stereocenters. The van der Waals surface area contributed by atoms with E-state index in [0.29, 0.717) is 43.8 Å². The Hall–Kier alpha value is -4.39. The topological polar surface area (TPSA) is 101 Å². The summed E-state index contributed by atoms with van der Waals surface area (Å²) in [5.74, 6) is -0.0544. The van der Waals surface area contributed by atoms with E-state index in [-0.39, 0.29) is 0 Å². The van der Waals surface area contributed by atoms with Crippen molar-refractivity contribution in [3.63, 3.8) is 0 Å². The molecule has 0 unspecified atom stereocenters. The highest BCUT2D eigenvalue weighted by atomic mass is 19.3. The molecule has 4 aromatic rings. The van der Waals surface area contributed by atoms with Crippen molar-refractivity contribution in [1.29, 1.82) is 5.26 Å². The summed E-state index contributed by atoms with van der Waals surface area (Å²) >= 11 is 0. The third-order valence-corrected chi connectivity index (χ3v) is 4.38. The fourth-order valence-corrected chi connectivity index (χ4v) is 2.98. The van der Waals surface area contributed by atoms with E-state index in [4.69, 9.17) is 0 Å². The first-order chi connectivity index (χ1) is 14.5. The van der Waals surface area contributed by atoms with Gasteiger partial charge in [0.25, 0.3) is 0 Å². The number of aromatic nitrogens is 5. The fraction of sp³-hybridized carbons (Fsp3) is 0.0500. The van der Waals surface area contributed by atoms with Crippen molar-refractivity contribution in [3.05, 3.63) is 67.4 Å². The fourth-order valence-electron chi connectivity index (χ4n) is 2.98. The molecule has 4 rings (SSSR count). The molecule has 0 aliphatic heterocycles. The Balaban J connectivity index is 1.84. The Morgan fingerprint density at radius 1 is 1.17 bits per heavy atom. The maximum Gasteiger partial charge on any atom is 0.333 e. The van der Waals surface area contributed by atoms with Crippen LogP contribution in [0.4, 0.5) is 14.6 Å². The number of nitriles is 1. The Morgan fingerprint density at radius 2 is 2.00 bits per heavy atom. The molecule has 1 amide bonds. The van der Waals surface area contributed by atoms with Crippen molar-refractivity contribution in [2.75, 3.05) is 5.32 Å². The molecular weight excluding hydrogens is 392 g/mol. The third kappa shape index (κ3) is 3.40. The number of alkyl halides is 2. The second kappa shape index (κ2) is 7.56. The average Bonchev–Trinajstić information content (AvgIpc) is 3.41. The number of carbonyl (C=O) groups excluding carboxylic acids is 1. The number of hydrogen-bond acceptors (Lipinski definition) is 5. The number of anilines is 1. The standard InChI is InChI=1S/C20H13F2N7O/c1-2-18(30)27-17-4-3-12(7-24-17)16-5-13(15-9-26-29(11-15)20(21)22)10-28-19(16)14(6-23)8-25-28/h2-5,7-11,20H,1H2,(H,24,27,30). The molecule has 30 heavy (non-hydrogen) atoms. The first kappa shape index (κ1) is 18.9. The van der Waals surface area contributed by atoms with Crippen LogP contribution in [0.3, 0.4) is 0 Å². The van der Waals surface area contributed by atoms with Gasteiger partial charge in [0, 0.05) is 40.8 Å². The minimum absolute atomic E-state index is 0.336. The Bertz CT molecular complexity index is 1300. The van der Waals surface area contributed by atoms with Crippen LogP contribution in [0.5, 0.6) is 0 Å². The van der Waals surface area contributed by atoms with Crippen molar-refractivity contribution < 1.29 is 13.6 Å². The number of carbonyl (C=O) groups is 1. The van der Waals surface area contributed by atoms with Gasteiger partial charge in [0.15, 0.2) is 0 Å². The summed E-state index contributed by atoms with van der Waals surface area (Å²) in [5.41, 5.74) is 3.23. The summed E-state index contributed by atoms with van der Waals surface area (Å²) in [4.78, 5) is 15.6.